The van der Waals surface area contributed by atoms with E-state index in [-0.39, 0.29) is 24.1 Å². The zero-order valence-electron chi connectivity index (χ0n) is 14.3. The third-order valence-electron chi connectivity index (χ3n) is 3.69. The highest BCUT2D eigenvalue weighted by atomic mass is 35.5. The highest BCUT2D eigenvalue weighted by molar-refractivity contribution is 7.13. The second-order valence-electron chi connectivity index (χ2n) is 5.73. The fraction of sp³-hybridized carbons (Fsp3) is 0.105. The van der Waals surface area contributed by atoms with E-state index in [1.165, 1.54) is 16.2 Å². The lowest BCUT2D eigenvalue weighted by Crippen LogP contribution is -2.35. The molecule has 0 unspecified atom stereocenters. The number of carbonyl (C=O) groups is 2. The minimum atomic E-state index is -0.341. The molecule has 0 saturated carbocycles. The molecule has 8 heteroatoms. The van der Waals surface area contributed by atoms with Crippen LogP contribution in [0.5, 0.6) is 0 Å². The number of carbonyl (C=O) groups excluding carboxylic acids is 2. The molecule has 0 radical (unpaired) electrons. The van der Waals surface area contributed by atoms with Crippen LogP contribution >= 0.6 is 34.5 Å². The molecule has 3 aromatic rings. The van der Waals surface area contributed by atoms with Gasteiger partial charge in [-0.2, -0.15) is 0 Å². The number of benzene rings is 2. The topological polar surface area (TPSA) is 62.3 Å². The molecular weight excluding hydrogens is 405 g/mol. The van der Waals surface area contributed by atoms with Gasteiger partial charge in [0.2, 0.25) is 5.91 Å². The molecule has 138 valence electrons. The molecule has 1 aromatic heterocycles. The standard InChI is InChI=1S/C19H15Cl2N3O2S/c1-24(10-17(25)22-15-5-3-2-4-14(15)21)19(26)16-11-27-18(23-16)12-6-8-13(20)9-7-12/h2-9,11H,10H2,1H3,(H,22,25). The normalized spacial score (nSPS) is 10.5. The Balaban J connectivity index is 1.64. The first-order chi connectivity index (χ1) is 12.9. The van der Waals surface area contributed by atoms with E-state index in [0.717, 1.165) is 5.56 Å². The van der Waals surface area contributed by atoms with Gasteiger partial charge in [-0.15, -0.1) is 11.3 Å². The van der Waals surface area contributed by atoms with E-state index in [9.17, 15) is 9.59 Å². The van der Waals surface area contributed by atoms with Crippen LogP contribution in [0, 0.1) is 0 Å². The molecule has 2 aromatic carbocycles. The molecule has 1 N–H and O–H groups in total. The molecular formula is C19H15Cl2N3O2S. The van der Waals surface area contributed by atoms with E-state index in [1.54, 1.807) is 48.8 Å². The molecule has 3 rings (SSSR count). The summed E-state index contributed by atoms with van der Waals surface area (Å²) in [5.41, 5.74) is 1.67. The van der Waals surface area contributed by atoms with Gasteiger partial charge < -0.3 is 10.2 Å². The summed E-state index contributed by atoms with van der Waals surface area (Å²) >= 11 is 13.3. The SMILES string of the molecule is CN(CC(=O)Nc1ccccc1Cl)C(=O)c1csc(-c2ccc(Cl)cc2)n1. The fourth-order valence-corrected chi connectivity index (χ4v) is 3.44. The van der Waals surface area contributed by atoms with Crippen molar-refractivity contribution in [2.75, 3.05) is 18.9 Å². The Bertz CT molecular complexity index is 973. The largest absolute Gasteiger partial charge is 0.331 e. The third kappa shape index (κ3) is 4.86. The number of halogens is 2. The third-order valence-corrected chi connectivity index (χ3v) is 5.16. The van der Waals surface area contributed by atoms with Gasteiger partial charge in [-0.25, -0.2) is 4.98 Å². The van der Waals surface area contributed by atoms with Gasteiger partial charge >= 0.3 is 0 Å². The molecule has 0 saturated heterocycles. The van der Waals surface area contributed by atoms with Crippen molar-refractivity contribution < 1.29 is 9.59 Å². The van der Waals surface area contributed by atoms with E-state index < -0.39 is 0 Å². The molecule has 0 aliphatic carbocycles. The van der Waals surface area contributed by atoms with Crippen molar-refractivity contribution in [3.05, 3.63) is 69.7 Å². The molecule has 1 heterocycles. The van der Waals surface area contributed by atoms with Crippen molar-refractivity contribution in [2.24, 2.45) is 0 Å². The van der Waals surface area contributed by atoms with Crippen LogP contribution < -0.4 is 5.32 Å². The highest BCUT2D eigenvalue weighted by Gasteiger charge is 2.19. The molecule has 0 spiro atoms. The van der Waals surface area contributed by atoms with Crippen LogP contribution in [-0.2, 0) is 4.79 Å². The number of amides is 2. The Morgan fingerprint density at radius 1 is 1.11 bits per heavy atom. The molecule has 0 aliphatic rings. The second kappa shape index (κ2) is 8.52. The van der Waals surface area contributed by atoms with E-state index in [0.29, 0.717) is 20.7 Å². The summed E-state index contributed by atoms with van der Waals surface area (Å²) < 4.78 is 0. The van der Waals surface area contributed by atoms with Gasteiger partial charge in [-0.1, -0.05) is 47.5 Å². The lowest BCUT2D eigenvalue weighted by molar-refractivity contribution is -0.116. The first-order valence-electron chi connectivity index (χ1n) is 7.95. The number of nitrogens with one attached hydrogen (secondary N) is 1. The lowest BCUT2D eigenvalue weighted by Gasteiger charge is -2.16. The molecule has 0 fully saturated rings. The predicted molar refractivity (Wildman–Crippen MR) is 110 cm³/mol. The zero-order valence-corrected chi connectivity index (χ0v) is 16.6. The Kier molecular flexibility index (Phi) is 6.11. The number of aromatic nitrogens is 1. The number of thiazole rings is 1. The van der Waals surface area contributed by atoms with Crippen LogP contribution in [0.1, 0.15) is 10.5 Å². The van der Waals surface area contributed by atoms with Crippen molar-refractivity contribution in [3.8, 4) is 10.6 Å². The van der Waals surface area contributed by atoms with Gasteiger partial charge in [-0.05, 0) is 24.3 Å². The fourth-order valence-electron chi connectivity index (χ4n) is 2.33. The van der Waals surface area contributed by atoms with Crippen LogP contribution in [0.3, 0.4) is 0 Å². The number of nitrogens with zero attached hydrogens (tertiary/aromatic N) is 2. The molecule has 0 atom stereocenters. The van der Waals surface area contributed by atoms with Crippen LogP contribution in [0.15, 0.2) is 53.9 Å². The van der Waals surface area contributed by atoms with Crippen molar-refractivity contribution in [3.63, 3.8) is 0 Å². The summed E-state index contributed by atoms with van der Waals surface area (Å²) in [6.07, 6.45) is 0. The van der Waals surface area contributed by atoms with E-state index in [1.807, 2.05) is 12.1 Å². The van der Waals surface area contributed by atoms with Crippen LogP contribution in [0.25, 0.3) is 10.6 Å². The van der Waals surface area contributed by atoms with E-state index in [4.69, 9.17) is 23.2 Å². The maximum Gasteiger partial charge on any atom is 0.273 e. The molecule has 27 heavy (non-hydrogen) atoms. The summed E-state index contributed by atoms with van der Waals surface area (Å²) in [4.78, 5) is 30.4. The second-order valence-corrected chi connectivity index (χ2v) is 7.44. The van der Waals surface area contributed by atoms with Crippen molar-refractivity contribution in [1.82, 2.24) is 9.88 Å². The quantitative estimate of drug-likeness (QED) is 0.643. The number of rotatable bonds is 5. The first-order valence-corrected chi connectivity index (χ1v) is 9.59. The smallest absolute Gasteiger partial charge is 0.273 e. The molecule has 0 aliphatic heterocycles. The number of anilines is 1. The van der Waals surface area contributed by atoms with Gasteiger partial charge in [0, 0.05) is 23.0 Å². The minimum Gasteiger partial charge on any atom is -0.331 e. The van der Waals surface area contributed by atoms with E-state index >= 15 is 0 Å². The van der Waals surface area contributed by atoms with Crippen LogP contribution in [0.4, 0.5) is 5.69 Å². The van der Waals surface area contributed by atoms with Gasteiger partial charge in [0.25, 0.3) is 5.91 Å². The van der Waals surface area contributed by atoms with Crippen molar-refractivity contribution in [2.45, 2.75) is 0 Å². The van der Waals surface area contributed by atoms with Gasteiger partial charge in [-0.3, -0.25) is 9.59 Å². The molecule has 0 bridgehead atoms. The van der Waals surface area contributed by atoms with Crippen LogP contribution in [-0.4, -0.2) is 35.3 Å². The zero-order chi connectivity index (χ0) is 19.4. The molecule has 2 amide bonds. The Morgan fingerprint density at radius 2 is 1.81 bits per heavy atom. The summed E-state index contributed by atoms with van der Waals surface area (Å²) in [6, 6.07) is 14.1. The summed E-state index contributed by atoms with van der Waals surface area (Å²) in [5, 5.41) is 6.15. The lowest BCUT2D eigenvalue weighted by atomic mass is 10.2. The van der Waals surface area contributed by atoms with Crippen molar-refractivity contribution >= 4 is 52.0 Å². The average Bonchev–Trinajstić information content (AvgIpc) is 3.13. The van der Waals surface area contributed by atoms with E-state index in [2.05, 4.69) is 10.3 Å². The molecule has 5 nitrogen and oxygen atoms in total. The van der Waals surface area contributed by atoms with Crippen molar-refractivity contribution in [1.29, 1.82) is 0 Å². The summed E-state index contributed by atoms with van der Waals surface area (Å²) in [7, 11) is 1.55. The summed E-state index contributed by atoms with van der Waals surface area (Å²) in [5.74, 6) is -0.673. The van der Waals surface area contributed by atoms with Gasteiger partial charge in [0.05, 0.1) is 17.3 Å². The maximum atomic E-state index is 12.5. The monoisotopic (exact) mass is 419 g/mol. The predicted octanol–water partition coefficient (Wildman–Crippen LogP) is 4.83. The average molecular weight is 420 g/mol. The summed E-state index contributed by atoms with van der Waals surface area (Å²) in [6.45, 7) is -0.113. The number of para-hydroxylation sites is 1. The number of hydrogen-bond acceptors (Lipinski definition) is 4. The number of likely N-dealkylation sites (N-methyl/N-ethyl adjacent to an activating group) is 1. The maximum absolute atomic E-state index is 12.5. The minimum absolute atomic E-state index is 0.113. The first kappa shape index (κ1) is 19.4. The van der Waals surface area contributed by atoms with Gasteiger partial charge in [0.15, 0.2) is 0 Å². The van der Waals surface area contributed by atoms with Crippen LogP contribution in [0.2, 0.25) is 10.0 Å². The highest BCUT2D eigenvalue weighted by Crippen LogP contribution is 2.25. The van der Waals surface area contributed by atoms with Gasteiger partial charge in [0.1, 0.15) is 10.7 Å². The Morgan fingerprint density at radius 3 is 2.52 bits per heavy atom. The Hall–Kier alpha value is -2.41. The number of hydrogen-bond donors (Lipinski definition) is 1. The Labute approximate surface area is 170 Å².